The van der Waals surface area contributed by atoms with E-state index in [0.717, 1.165) is 0 Å². The molecule has 5 heteroatoms. The maximum atomic E-state index is 10.3. The van der Waals surface area contributed by atoms with Gasteiger partial charge in [0.1, 0.15) is 5.75 Å². The molecule has 0 saturated carbocycles. The summed E-state index contributed by atoms with van der Waals surface area (Å²) in [6, 6.07) is 5.89. The van der Waals surface area contributed by atoms with Crippen LogP contribution in [-0.2, 0) is 0 Å². The zero-order valence-electron chi connectivity index (χ0n) is 6.97. The van der Waals surface area contributed by atoms with Gasteiger partial charge in [0.05, 0.1) is 19.4 Å². The number of ether oxygens (including phenoxy) is 1. The molecule has 0 saturated heterocycles. The van der Waals surface area contributed by atoms with Crippen molar-refractivity contribution in [3.05, 3.63) is 34.4 Å². The Balaban J connectivity index is 2.64. The molecule has 0 N–H and O–H groups in total. The van der Waals surface area contributed by atoms with Crippen molar-refractivity contribution in [2.75, 3.05) is 6.61 Å². The molecule has 1 aromatic carbocycles. The van der Waals surface area contributed by atoms with Crippen LogP contribution in [0.5, 0.6) is 5.75 Å². The Labute approximate surface area is 77.1 Å². The van der Waals surface area contributed by atoms with Gasteiger partial charge in [0.2, 0.25) is 0 Å². The summed E-state index contributed by atoms with van der Waals surface area (Å²) in [5.41, 5.74) is 0.0556. The van der Waals surface area contributed by atoms with Gasteiger partial charge in [-0.2, -0.15) is 0 Å². The van der Waals surface area contributed by atoms with Gasteiger partial charge in [-0.05, 0) is 12.1 Å². The van der Waals surface area contributed by atoms with Crippen LogP contribution in [0.1, 0.15) is 0 Å². The van der Waals surface area contributed by atoms with E-state index >= 15 is 0 Å². The van der Waals surface area contributed by atoms with Crippen molar-refractivity contribution in [2.45, 2.75) is 6.32 Å². The second-order valence-corrected chi connectivity index (χ2v) is 2.39. The highest BCUT2D eigenvalue weighted by Crippen LogP contribution is 2.17. The number of nitro benzene ring substituents is 1. The average Bonchev–Trinajstić information content (AvgIpc) is 2.15. The molecule has 2 radical (unpaired) electrons. The number of hydrogen-bond donors (Lipinski definition) is 0. The SMILES string of the molecule is [B]CCOc1ccc([N+](=O)[O-])cc1. The molecule has 0 fully saturated rings. The zero-order chi connectivity index (χ0) is 9.68. The standard InChI is InChI=1S/C8H8BNO3/c9-5-6-13-8-3-1-7(2-4-8)10(11)12/h1-4H,5-6H2. The smallest absolute Gasteiger partial charge is 0.269 e. The van der Waals surface area contributed by atoms with Crippen molar-refractivity contribution in [2.24, 2.45) is 0 Å². The predicted octanol–water partition coefficient (Wildman–Crippen LogP) is 1.56. The van der Waals surface area contributed by atoms with Crippen LogP contribution in [0.2, 0.25) is 6.32 Å². The van der Waals surface area contributed by atoms with E-state index in [1.54, 1.807) is 12.1 Å². The Morgan fingerprint density at radius 1 is 1.38 bits per heavy atom. The first kappa shape index (κ1) is 9.57. The van der Waals surface area contributed by atoms with Crippen LogP contribution in [0.4, 0.5) is 5.69 Å². The molecule has 0 spiro atoms. The maximum absolute atomic E-state index is 10.3. The second kappa shape index (κ2) is 4.50. The fourth-order valence-electron chi connectivity index (χ4n) is 0.841. The van der Waals surface area contributed by atoms with Gasteiger partial charge in [-0.15, -0.1) is 0 Å². The molecule has 0 heterocycles. The quantitative estimate of drug-likeness (QED) is 0.398. The second-order valence-electron chi connectivity index (χ2n) is 2.39. The molecule has 0 unspecified atom stereocenters. The van der Waals surface area contributed by atoms with E-state index in [1.165, 1.54) is 12.1 Å². The molecule has 0 aromatic heterocycles. The zero-order valence-corrected chi connectivity index (χ0v) is 6.97. The van der Waals surface area contributed by atoms with Gasteiger partial charge in [-0.25, -0.2) is 0 Å². The monoisotopic (exact) mass is 177 g/mol. The largest absolute Gasteiger partial charge is 0.494 e. The van der Waals surface area contributed by atoms with Crippen molar-refractivity contribution >= 4 is 13.5 Å². The van der Waals surface area contributed by atoms with Gasteiger partial charge in [0.15, 0.2) is 0 Å². The summed E-state index contributed by atoms with van der Waals surface area (Å²) in [5.74, 6) is 0.594. The number of benzene rings is 1. The van der Waals surface area contributed by atoms with Crippen LogP contribution in [-0.4, -0.2) is 19.4 Å². The lowest BCUT2D eigenvalue weighted by atomic mass is 10.1. The van der Waals surface area contributed by atoms with Gasteiger partial charge in [0.25, 0.3) is 5.69 Å². The molecule has 1 rings (SSSR count). The minimum absolute atomic E-state index is 0.0556. The Morgan fingerprint density at radius 2 is 2.00 bits per heavy atom. The normalized spacial score (nSPS) is 9.54. The molecule has 66 valence electrons. The minimum atomic E-state index is -0.452. The molecule has 0 bridgehead atoms. The number of nitro groups is 1. The van der Waals surface area contributed by atoms with Crippen LogP contribution < -0.4 is 4.74 Å². The Hall–Kier alpha value is -1.52. The first-order valence-corrected chi connectivity index (χ1v) is 3.81. The molecule has 0 aliphatic carbocycles. The van der Waals surface area contributed by atoms with E-state index in [4.69, 9.17) is 12.6 Å². The van der Waals surface area contributed by atoms with Crippen LogP contribution >= 0.6 is 0 Å². The summed E-state index contributed by atoms with van der Waals surface area (Å²) < 4.78 is 5.14. The van der Waals surface area contributed by atoms with Crippen molar-refractivity contribution in [3.8, 4) is 5.75 Å². The number of rotatable bonds is 4. The molecule has 4 nitrogen and oxygen atoms in total. The van der Waals surface area contributed by atoms with E-state index in [0.29, 0.717) is 18.7 Å². The number of hydrogen-bond acceptors (Lipinski definition) is 3. The summed E-state index contributed by atoms with van der Waals surface area (Å²) in [6.45, 7) is 0.414. The molecule has 13 heavy (non-hydrogen) atoms. The van der Waals surface area contributed by atoms with Crippen LogP contribution in [0, 0.1) is 10.1 Å². The molecular weight excluding hydrogens is 169 g/mol. The van der Waals surface area contributed by atoms with Crippen LogP contribution in [0.3, 0.4) is 0 Å². The molecular formula is C8H8BNO3. The first-order valence-electron chi connectivity index (χ1n) is 3.81. The van der Waals surface area contributed by atoms with Crippen molar-refractivity contribution in [3.63, 3.8) is 0 Å². The third-order valence-corrected chi connectivity index (χ3v) is 1.43. The highest BCUT2D eigenvalue weighted by molar-refractivity contribution is 6.08. The highest BCUT2D eigenvalue weighted by Gasteiger charge is 2.03. The van der Waals surface area contributed by atoms with E-state index < -0.39 is 4.92 Å². The van der Waals surface area contributed by atoms with Crippen molar-refractivity contribution < 1.29 is 9.66 Å². The minimum Gasteiger partial charge on any atom is -0.494 e. The van der Waals surface area contributed by atoms with Gasteiger partial charge >= 0.3 is 0 Å². The number of non-ortho nitro benzene ring substituents is 1. The Morgan fingerprint density at radius 3 is 2.46 bits per heavy atom. The van der Waals surface area contributed by atoms with Gasteiger partial charge < -0.3 is 4.74 Å². The molecule has 0 amide bonds. The summed E-state index contributed by atoms with van der Waals surface area (Å²) in [4.78, 5) is 9.82. The lowest BCUT2D eigenvalue weighted by Crippen LogP contribution is -1.95. The summed E-state index contributed by atoms with van der Waals surface area (Å²) in [6.07, 6.45) is 0.428. The summed E-state index contributed by atoms with van der Waals surface area (Å²) >= 11 is 0. The van der Waals surface area contributed by atoms with E-state index in [9.17, 15) is 10.1 Å². The van der Waals surface area contributed by atoms with Crippen LogP contribution in [0.15, 0.2) is 24.3 Å². The highest BCUT2D eigenvalue weighted by atomic mass is 16.6. The Bertz CT molecular complexity index is 286. The van der Waals surface area contributed by atoms with Gasteiger partial charge in [-0.3, -0.25) is 10.1 Å². The molecule has 0 aliphatic heterocycles. The predicted molar refractivity (Wildman–Crippen MR) is 49.2 cm³/mol. The maximum Gasteiger partial charge on any atom is 0.269 e. The van der Waals surface area contributed by atoms with Gasteiger partial charge in [0, 0.05) is 12.1 Å². The fraction of sp³-hybridized carbons (Fsp3) is 0.250. The lowest BCUT2D eigenvalue weighted by Gasteiger charge is -2.02. The van der Waals surface area contributed by atoms with Crippen LogP contribution in [0.25, 0.3) is 0 Å². The molecule has 0 aliphatic rings. The third kappa shape index (κ3) is 2.78. The lowest BCUT2D eigenvalue weighted by molar-refractivity contribution is -0.384. The van der Waals surface area contributed by atoms with Crippen molar-refractivity contribution in [1.82, 2.24) is 0 Å². The molecule has 1 aromatic rings. The first-order chi connectivity index (χ1) is 6.24. The average molecular weight is 177 g/mol. The molecule has 0 atom stereocenters. The van der Waals surface area contributed by atoms with E-state index in [-0.39, 0.29) is 5.69 Å². The topological polar surface area (TPSA) is 52.4 Å². The van der Waals surface area contributed by atoms with E-state index in [2.05, 4.69) is 0 Å². The summed E-state index contributed by atoms with van der Waals surface area (Å²) in [7, 11) is 5.22. The van der Waals surface area contributed by atoms with E-state index in [1.807, 2.05) is 0 Å². The summed E-state index contributed by atoms with van der Waals surface area (Å²) in [5, 5.41) is 10.3. The van der Waals surface area contributed by atoms with Crippen molar-refractivity contribution in [1.29, 1.82) is 0 Å². The Kier molecular flexibility index (Phi) is 3.31. The third-order valence-electron chi connectivity index (χ3n) is 1.43. The van der Waals surface area contributed by atoms with Gasteiger partial charge in [-0.1, -0.05) is 6.32 Å². The fourth-order valence-corrected chi connectivity index (χ4v) is 0.841. The number of nitrogens with zero attached hydrogens (tertiary/aromatic N) is 1.